The summed E-state index contributed by atoms with van der Waals surface area (Å²) in [4.78, 5) is 0. The molecule has 0 heterocycles. The second kappa shape index (κ2) is 6.63. The van der Waals surface area contributed by atoms with E-state index in [-0.39, 0.29) is 5.75 Å². The Balaban J connectivity index is 2.18. The van der Waals surface area contributed by atoms with Crippen LogP contribution in [0.4, 0.5) is 13.2 Å². The Bertz CT molecular complexity index is 596. The lowest BCUT2D eigenvalue weighted by atomic mass is 10.0. The summed E-state index contributed by atoms with van der Waals surface area (Å²) in [6.07, 6.45) is -3.57. The average Bonchev–Trinajstić information content (AvgIpc) is 2.45. The maximum absolute atomic E-state index is 12.2. The van der Waals surface area contributed by atoms with Crippen molar-refractivity contribution in [2.45, 2.75) is 12.6 Å². The summed E-state index contributed by atoms with van der Waals surface area (Å²) in [7, 11) is 0. The first-order valence-electron chi connectivity index (χ1n) is 6.57. The second-order valence-corrected chi connectivity index (χ2v) is 4.67. The predicted octanol–water partition coefficient (Wildman–Crippen LogP) is 3.80. The third-order valence-electron chi connectivity index (χ3n) is 2.93. The summed E-state index contributed by atoms with van der Waals surface area (Å²) < 4.78 is 41.3. The van der Waals surface area contributed by atoms with Gasteiger partial charge in [0.05, 0.1) is 0 Å². The Kier molecular flexibility index (Phi) is 4.85. The standard InChI is InChI=1S/C16H16F3NO/c17-16(18,19)11-21-15-6-2-5-14(10-15)13-4-1-3-12(9-13)7-8-20/h1-6,9-10H,7-8,11,20H2. The summed E-state index contributed by atoms with van der Waals surface area (Å²) in [5.41, 5.74) is 8.36. The van der Waals surface area contributed by atoms with E-state index >= 15 is 0 Å². The van der Waals surface area contributed by atoms with Crippen LogP contribution in [0.2, 0.25) is 0 Å². The van der Waals surface area contributed by atoms with Gasteiger partial charge in [0, 0.05) is 0 Å². The van der Waals surface area contributed by atoms with E-state index in [1.807, 2.05) is 30.3 Å². The van der Waals surface area contributed by atoms with E-state index < -0.39 is 12.8 Å². The zero-order valence-corrected chi connectivity index (χ0v) is 11.4. The zero-order chi connectivity index (χ0) is 15.3. The minimum absolute atomic E-state index is 0.203. The van der Waals surface area contributed by atoms with Crippen molar-refractivity contribution in [1.82, 2.24) is 0 Å². The van der Waals surface area contributed by atoms with Crippen LogP contribution in [0.3, 0.4) is 0 Å². The van der Waals surface area contributed by atoms with Crippen molar-refractivity contribution in [2.75, 3.05) is 13.2 Å². The molecule has 21 heavy (non-hydrogen) atoms. The fraction of sp³-hybridized carbons (Fsp3) is 0.250. The van der Waals surface area contributed by atoms with Crippen LogP contribution in [0.15, 0.2) is 48.5 Å². The maximum Gasteiger partial charge on any atom is 0.422 e. The fourth-order valence-corrected chi connectivity index (χ4v) is 2.00. The highest BCUT2D eigenvalue weighted by Crippen LogP contribution is 2.26. The van der Waals surface area contributed by atoms with Crippen LogP contribution in [0.5, 0.6) is 5.75 Å². The van der Waals surface area contributed by atoms with Crippen molar-refractivity contribution >= 4 is 0 Å². The number of ether oxygens (including phenoxy) is 1. The van der Waals surface area contributed by atoms with Crippen LogP contribution in [0, 0.1) is 0 Å². The number of hydrogen-bond acceptors (Lipinski definition) is 2. The predicted molar refractivity (Wildman–Crippen MR) is 76.2 cm³/mol. The minimum atomic E-state index is -4.34. The normalized spacial score (nSPS) is 11.4. The number of rotatable bonds is 5. The molecule has 0 amide bonds. The van der Waals surface area contributed by atoms with Gasteiger partial charge in [-0.15, -0.1) is 0 Å². The van der Waals surface area contributed by atoms with Crippen LogP contribution in [0.25, 0.3) is 11.1 Å². The molecule has 0 aliphatic heterocycles. The zero-order valence-electron chi connectivity index (χ0n) is 11.4. The largest absolute Gasteiger partial charge is 0.484 e. The maximum atomic E-state index is 12.2. The lowest BCUT2D eigenvalue weighted by Gasteiger charge is -2.11. The topological polar surface area (TPSA) is 35.2 Å². The van der Waals surface area contributed by atoms with Gasteiger partial charge in [-0.1, -0.05) is 36.4 Å². The van der Waals surface area contributed by atoms with Crippen molar-refractivity contribution in [3.8, 4) is 16.9 Å². The molecule has 2 aromatic carbocycles. The molecule has 0 fully saturated rings. The molecule has 2 aromatic rings. The average molecular weight is 295 g/mol. The van der Waals surface area contributed by atoms with Gasteiger partial charge in [-0.3, -0.25) is 0 Å². The number of hydrogen-bond donors (Lipinski definition) is 1. The van der Waals surface area contributed by atoms with Gasteiger partial charge in [0.15, 0.2) is 6.61 Å². The molecule has 0 aliphatic rings. The molecular weight excluding hydrogens is 279 g/mol. The van der Waals surface area contributed by atoms with E-state index in [1.54, 1.807) is 12.1 Å². The van der Waals surface area contributed by atoms with Gasteiger partial charge >= 0.3 is 6.18 Å². The van der Waals surface area contributed by atoms with Gasteiger partial charge in [0.2, 0.25) is 0 Å². The Morgan fingerprint density at radius 1 is 0.952 bits per heavy atom. The van der Waals surface area contributed by atoms with Gasteiger partial charge in [-0.2, -0.15) is 13.2 Å². The van der Waals surface area contributed by atoms with E-state index in [9.17, 15) is 13.2 Å². The number of benzene rings is 2. The highest BCUT2D eigenvalue weighted by Gasteiger charge is 2.28. The molecule has 5 heteroatoms. The van der Waals surface area contributed by atoms with Gasteiger partial charge in [0.1, 0.15) is 5.75 Å². The number of nitrogens with two attached hydrogens (primary N) is 1. The first kappa shape index (κ1) is 15.4. The third kappa shape index (κ3) is 4.79. The molecule has 0 radical (unpaired) electrons. The molecule has 2 nitrogen and oxygen atoms in total. The van der Waals surface area contributed by atoms with Crippen molar-refractivity contribution < 1.29 is 17.9 Å². The van der Waals surface area contributed by atoms with Gasteiger partial charge in [0.25, 0.3) is 0 Å². The SMILES string of the molecule is NCCc1cccc(-c2cccc(OCC(F)(F)F)c2)c1. The molecule has 0 unspecified atom stereocenters. The summed E-state index contributed by atoms with van der Waals surface area (Å²) in [6.45, 7) is -0.734. The van der Waals surface area contributed by atoms with Crippen LogP contribution < -0.4 is 10.5 Å². The van der Waals surface area contributed by atoms with Crippen molar-refractivity contribution in [3.05, 3.63) is 54.1 Å². The van der Waals surface area contributed by atoms with Crippen LogP contribution in [-0.2, 0) is 6.42 Å². The van der Waals surface area contributed by atoms with Crippen LogP contribution in [0.1, 0.15) is 5.56 Å². The van der Waals surface area contributed by atoms with Crippen molar-refractivity contribution in [1.29, 1.82) is 0 Å². The van der Waals surface area contributed by atoms with Gasteiger partial charge in [-0.05, 0) is 41.8 Å². The van der Waals surface area contributed by atoms with Crippen LogP contribution >= 0.6 is 0 Å². The molecule has 0 aliphatic carbocycles. The molecule has 0 atom stereocenters. The quantitative estimate of drug-likeness (QED) is 0.910. The molecule has 0 saturated carbocycles. The van der Waals surface area contributed by atoms with E-state index in [0.29, 0.717) is 6.54 Å². The van der Waals surface area contributed by atoms with E-state index in [1.165, 1.54) is 6.07 Å². The molecule has 2 rings (SSSR count). The summed E-state index contributed by atoms with van der Waals surface area (Å²) in [5, 5.41) is 0. The molecule has 112 valence electrons. The Hall–Kier alpha value is -2.01. The first-order valence-corrected chi connectivity index (χ1v) is 6.57. The number of alkyl halides is 3. The van der Waals surface area contributed by atoms with E-state index in [4.69, 9.17) is 10.5 Å². The smallest absolute Gasteiger partial charge is 0.422 e. The Morgan fingerprint density at radius 3 is 2.29 bits per heavy atom. The highest BCUT2D eigenvalue weighted by molar-refractivity contribution is 5.65. The van der Waals surface area contributed by atoms with E-state index in [0.717, 1.165) is 23.1 Å². The summed E-state index contributed by atoms with van der Waals surface area (Å²) in [6, 6.07) is 14.4. The molecule has 0 aromatic heterocycles. The fourth-order valence-electron chi connectivity index (χ4n) is 2.00. The first-order chi connectivity index (χ1) is 9.98. The summed E-state index contributed by atoms with van der Waals surface area (Å²) >= 11 is 0. The van der Waals surface area contributed by atoms with Crippen molar-refractivity contribution in [3.63, 3.8) is 0 Å². The molecular formula is C16H16F3NO. The number of halogens is 3. The second-order valence-electron chi connectivity index (χ2n) is 4.67. The van der Waals surface area contributed by atoms with Gasteiger partial charge in [-0.25, -0.2) is 0 Å². The molecule has 0 saturated heterocycles. The minimum Gasteiger partial charge on any atom is -0.484 e. The third-order valence-corrected chi connectivity index (χ3v) is 2.93. The monoisotopic (exact) mass is 295 g/mol. The Morgan fingerprint density at radius 2 is 1.62 bits per heavy atom. The highest BCUT2D eigenvalue weighted by atomic mass is 19.4. The van der Waals surface area contributed by atoms with Crippen LogP contribution in [-0.4, -0.2) is 19.3 Å². The Labute approximate surface area is 121 Å². The van der Waals surface area contributed by atoms with Gasteiger partial charge < -0.3 is 10.5 Å². The molecule has 0 spiro atoms. The van der Waals surface area contributed by atoms with Crippen molar-refractivity contribution in [2.24, 2.45) is 5.73 Å². The van der Waals surface area contributed by atoms with E-state index in [2.05, 4.69) is 0 Å². The molecule has 0 bridgehead atoms. The lowest BCUT2D eigenvalue weighted by Crippen LogP contribution is -2.19. The lowest BCUT2D eigenvalue weighted by molar-refractivity contribution is -0.153. The summed E-state index contributed by atoms with van der Waals surface area (Å²) in [5.74, 6) is 0.203. The molecule has 2 N–H and O–H groups in total.